The Hall–Kier alpha value is -2.64. The number of hydrogen-bond acceptors (Lipinski definition) is 6. The summed E-state index contributed by atoms with van der Waals surface area (Å²) in [5, 5.41) is 2.73. The quantitative estimate of drug-likeness (QED) is 0.269. The molecule has 0 aliphatic rings. The van der Waals surface area contributed by atoms with Crippen LogP contribution in [0, 0.1) is 20.8 Å². The molecule has 2 rings (SSSR count). The molecule has 7 heteroatoms. The number of ketones is 1. The normalized spacial score (nSPS) is 10.5. The average molecular weight is 430 g/mol. The molecule has 0 spiro atoms. The van der Waals surface area contributed by atoms with Crippen molar-refractivity contribution < 1.29 is 23.9 Å². The lowest BCUT2D eigenvalue weighted by Crippen LogP contribution is -2.28. The van der Waals surface area contributed by atoms with Crippen molar-refractivity contribution in [2.45, 2.75) is 25.7 Å². The predicted molar refractivity (Wildman–Crippen MR) is 117 cm³/mol. The number of Topliss-reactive ketones (excluding diaryl/α,β-unsaturated/α-hetero) is 1. The molecule has 1 N–H and O–H groups in total. The molecule has 0 bridgehead atoms. The molecule has 0 aliphatic carbocycles. The second kappa shape index (κ2) is 11.5. The van der Waals surface area contributed by atoms with Crippen LogP contribution in [0.3, 0.4) is 0 Å². The van der Waals surface area contributed by atoms with Crippen molar-refractivity contribution in [3.05, 3.63) is 64.2 Å². The molecule has 0 fully saturated rings. The van der Waals surface area contributed by atoms with Crippen molar-refractivity contribution in [1.82, 2.24) is 5.32 Å². The zero-order chi connectivity index (χ0) is 22.1. The minimum atomic E-state index is -0.589. The van der Waals surface area contributed by atoms with Crippen molar-refractivity contribution in [2.75, 3.05) is 32.6 Å². The van der Waals surface area contributed by atoms with Gasteiger partial charge in [0.15, 0.2) is 6.61 Å². The molecule has 0 saturated heterocycles. The van der Waals surface area contributed by atoms with Gasteiger partial charge >= 0.3 is 5.97 Å². The SMILES string of the molecule is COCCNC(=O)CSc1ccccc1C(=O)OCC(=O)c1c(C)cc(C)cc1C. The number of esters is 1. The number of aryl methyl sites for hydroxylation is 3. The van der Waals surface area contributed by atoms with Crippen molar-refractivity contribution >= 4 is 29.4 Å². The van der Waals surface area contributed by atoms with Gasteiger partial charge in [0.2, 0.25) is 11.7 Å². The van der Waals surface area contributed by atoms with E-state index >= 15 is 0 Å². The highest BCUT2D eigenvalue weighted by Crippen LogP contribution is 2.23. The molecule has 0 saturated carbocycles. The largest absolute Gasteiger partial charge is 0.454 e. The highest BCUT2D eigenvalue weighted by Gasteiger charge is 2.18. The summed E-state index contributed by atoms with van der Waals surface area (Å²) in [7, 11) is 1.56. The van der Waals surface area contributed by atoms with Gasteiger partial charge in [-0.3, -0.25) is 9.59 Å². The molecule has 2 aromatic carbocycles. The summed E-state index contributed by atoms with van der Waals surface area (Å²) in [5.74, 6) is -0.815. The smallest absolute Gasteiger partial charge is 0.339 e. The fraction of sp³-hybridized carbons (Fsp3) is 0.348. The molecular weight excluding hydrogens is 402 g/mol. The van der Waals surface area contributed by atoms with Crippen molar-refractivity contribution in [3.8, 4) is 0 Å². The van der Waals surface area contributed by atoms with Crippen LogP contribution in [0.15, 0.2) is 41.3 Å². The summed E-state index contributed by atoms with van der Waals surface area (Å²) in [6.07, 6.45) is 0. The molecule has 30 heavy (non-hydrogen) atoms. The molecule has 2 aromatic rings. The van der Waals surface area contributed by atoms with Crippen molar-refractivity contribution in [3.63, 3.8) is 0 Å². The first-order valence-electron chi connectivity index (χ1n) is 9.59. The fourth-order valence-electron chi connectivity index (χ4n) is 3.15. The second-order valence-corrected chi connectivity index (χ2v) is 7.92. The topological polar surface area (TPSA) is 81.7 Å². The van der Waals surface area contributed by atoms with Crippen LogP contribution in [-0.4, -0.2) is 50.3 Å². The maximum atomic E-state index is 12.6. The number of hydrogen-bond donors (Lipinski definition) is 1. The Morgan fingerprint density at radius 2 is 1.70 bits per heavy atom. The van der Waals surface area contributed by atoms with Crippen molar-refractivity contribution in [1.29, 1.82) is 0 Å². The molecule has 6 nitrogen and oxygen atoms in total. The third kappa shape index (κ3) is 6.71. The van der Waals surface area contributed by atoms with Gasteiger partial charge in [-0.15, -0.1) is 11.8 Å². The van der Waals surface area contributed by atoms with Gasteiger partial charge in [-0.05, 0) is 44.0 Å². The first-order chi connectivity index (χ1) is 14.3. The molecule has 0 aliphatic heterocycles. The summed E-state index contributed by atoms with van der Waals surface area (Å²) in [4.78, 5) is 37.7. The van der Waals surface area contributed by atoms with Crippen LogP contribution in [0.4, 0.5) is 0 Å². The number of ether oxygens (including phenoxy) is 2. The molecule has 0 heterocycles. The summed E-state index contributed by atoms with van der Waals surface area (Å²) in [6, 6.07) is 10.7. The van der Waals surface area contributed by atoms with E-state index in [4.69, 9.17) is 9.47 Å². The van der Waals surface area contributed by atoms with Gasteiger partial charge < -0.3 is 14.8 Å². The number of thioether (sulfide) groups is 1. The predicted octanol–water partition coefficient (Wildman–Crippen LogP) is 3.51. The van der Waals surface area contributed by atoms with Gasteiger partial charge in [-0.2, -0.15) is 0 Å². The number of nitrogens with one attached hydrogen (secondary N) is 1. The number of methoxy groups -OCH3 is 1. The van der Waals surface area contributed by atoms with Crippen LogP contribution in [0.2, 0.25) is 0 Å². The van der Waals surface area contributed by atoms with E-state index in [2.05, 4.69) is 5.32 Å². The molecule has 0 aromatic heterocycles. The van der Waals surface area contributed by atoms with Gasteiger partial charge in [0.25, 0.3) is 0 Å². The van der Waals surface area contributed by atoms with Gasteiger partial charge in [-0.1, -0.05) is 29.8 Å². The Morgan fingerprint density at radius 1 is 1.03 bits per heavy atom. The van der Waals surface area contributed by atoms with E-state index in [0.717, 1.165) is 16.7 Å². The molecular formula is C23H27NO5S. The minimum absolute atomic E-state index is 0.152. The first-order valence-corrected chi connectivity index (χ1v) is 10.6. The summed E-state index contributed by atoms with van der Waals surface area (Å²) < 4.78 is 10.2. The van der Waals surface area contributed by atoms with Crippen LogP contribution in [-0.2, 0) is 14.3 Å². The molecule has 1 amide bonds. The lowest BCUT2D eigenvalue weighted by Gasteiger charge is -2.12. The highest BCUT2D eigenvalue weighted by atomic mass is 32.2. The number of amides is 1. The molecule has 0 radical (unpaired) electrons. The fourth-order valence-corrected chi connectivity index (χ4v) is 4.02. The number of rotatable bonds is 10. The zero-order valence-electron chi connectivity index (χ0n) is 17.7. The van der Waals surface area contributed by atoms with E-state index < -0.39 is 5.97 Å². The van der Waals surface area contributed by atoms with Gasteiger partial charge in [0, 0.05) is 24.1 Å². The zero-order valence-corrected chi connectivity index (χ0v) is 18.6. The van der Waals surface area contributed by atoms with Crippen LogP contribution in [0.25, 0.3) is 0 Å². The average Bonchev–Trinajstić information content (AvgIpc) is 2.70. The third-order valence-corrected chi connectivity index (χ3v) is 5.46. The minimum Gasteiger partial charge on any atom is -0.454 e. The lowest BCUT2D eigenvalue weighted by atomic mass is 9.97. The van der Waals surface area contributed by atoms with Crippen LogP contribution in [0.5, 0.6) is 0 Å². The van der Waals surface area contributed by atoms with Gasteiger partial charge in [0.1, 0.15) is 0 Å². The lowest BCUT2D eigenvalue weighted by molar-refractivity contribution is -0.118. The van der Waals surface area contributed by atoms with E-state index in [1.807, 2.05) is 32.9 Å². The number of carbonyl (C=O) groups is 3. The Morgan fingerprint density at radius 3 is 2.37 bits per heavy atom. The highest BCUT2D eigenvalue weighted by molar-refractivity contribution is 8.00. The van der Waals surface area contributed by atoms with Crippen LogP contribution in [0.1, 0.15) is 37.4 Å². The summed E-state index contributed by atoms with van der Waals surface area (Å²) in [6.45, 7) is 6.25. The molecule has 0 atom stereocenters. The summed E-state index contributed by atoms with van der Waals surface area (Å²) in [5.41, 5.74) is 3.73. The second-order valence-electron chi connectivity index (χ2n) is 6.90. The van der Waals surface area contributed by atoms with E-state index in [9.17, 15) is 14.4 Å². The van der Waals surface area contributed by atoms with E-state index in [1.165, 1.54) is 11.8 Å². The van der Waals surface area contributed by atoms with E-state index in [1.54, 1.807) is 31.4 Å². The maximum Gasteiger partial charge on any atom is 0.339 e. The first kappa shape index (κ1) is 23.6. The van der Waals surface area contributed by atoms with Gasteiger partial charge in [-0.25, -0.2) is 4.79 Å². The van der Waals surface area contributed by atoms with E-state index in [0.29, 0.717) is 29.2 Å². The van der Waals surface area contributed by atoms with E-state index in [-0.39, 0.29) is 24.1 Å². The Balaban J connectivity index is 1.99. The molecule has 160 valence electrons. The standard InChI is InChI=1S/C23H27NO5S/c1-15-11-16(2)22(17(3)12-15)19(25)13-29-23(27)18-7-5-6-8-20(18)30-14-21(26)24-9-10-28-4/h5-8,11-12H,9-10,13-14H2,1-4H3,(H,24,26). The summed E-state index contributed by atoms with van der Waals surface area (Å²) >= 11 is 1.24. The number of benzene rings is 2. The Kier molecular flexibility index (Phi) is 9.08. The third-order valence-electron chi connectivity index (χ3n) is 4.38. The van der Waals surface area contributed by atoms with Crippen LogP contribution >= 0.6 is 11.8 Å². The molecule has 0 unspecified atom stereocenters. The Bertz CT molecular complexity index is 903. The van der Waals surface area contributed by atoms with Gasteiger partial charge in [0.05, 0.1) is 17.9 Å². The van der Waals surface area contributed by atoms with Crippen molar-refractivity contribution in [2.24, 2.45) is 0 Å². The van der Waals surface area contributed by atoms with Crippen LogP contribution < -0.4 is 5.32 Å². The maximum absolute atomic E-state index is 12.6. The monoisotopic (exact) mass is 429 g/mol. The number of carbonyl (C=O) groups excluding carboxylic acids is 3. The Labute approximate surface area is 181 Å².